The Bertz CT molecular complexity index is 1030. The van der Waals surface area contributed by atoms with Crippen molar-refractivity contribution in [2.24, 2.45) is 5.73 Å². The maximum Gasteiger partial charge on any atom is 0.252 e. The number of nitrogen functional groups attached to an aromatic ring is 1. The summed E-state index contributed by atoms with van der Waals surface area (Å²) in [7, 11) is 0. The zero-order valence-electron chi connectivity index (χ0n) is 15.6. The number of amides is 1. The van der Waals surface area contributed by atoms with Gasteiger partial charge in [-0.3, -0.25) is 4.79 Å². The highest BCUT2D eigenvalue weighted by Crippen LogP contribution is 2.33. The summed E-state index contributed by atoms with van der Waals surface area (Å²) in [5, 5.41) is 18.0. The molecule has 1 aliphatic carbocycles. The van der Waals surface area contributed by atoms with Crippen molar-refractivity contribution in [3.8, 4) is 11.1 Å². The van der Waals surface area contributed by atoms with Gasteiger partial charge in [-0.05, 0) is 38.7 Å². The van der Waals surface area contributed by atoms with Gasteiger partial charge in [0.1, 0.15) is 12.1 Å². The van der Waals surface area contributed by atoms with Crippen molar-refractivity contribution in [1.29, 1.82) is 0 Å². The number of carbonyl (C=O) groups is 1. The van der Waals surface area contributed by atoms with Gasteiger partial charge in [-0.1, -0.05) is 0 Å². The van der Waals surface area contributed by atoms with Gasteiger partial charge < -0.3 is 21.9 Å². The van der Waals surface area contributed by atoms with E-state index in [1.807, 2.05) is 19.2 Å². The molecular weight excluding hydrogens is 358 g/mol. The summed E-state index contributed by atoms with van der Waals surface area (Å²) in [6, 6.07) is 2.02. The maximum atomic E-state index is 12.0. The Morgan fingerprint density at radius 1 is 1.36 bits per heavy atom. The first-order valence-corrected chi connectivity index (χ1v) is 9.20. The fourth-order valence-corrected chi connectivity index (χ4v) is 3.69. The summed E-state index contributed by atoms with van der Waals surface area (Å²) in [5.41, 5.74) is 14.1. The first-order chi connectivity index (χ1) is 13.3. The van der Waals surface area contributed by atoms with E-state index < -0.39 is 11.5 Å². The molecule has 3 aromatic rings. The van der Waals surface area contributed by atoms with Crippen LogP contribution in [0.3, 0.4) is 0 Å². The van der Waals surface area contributed by atoms with Crippen LogP contribution in [0.5, 0.6) is 0 Å². The van der Waals surface area contributed by atoms with Crippen LogP contribution in [0.15, 0.2) is 31.0 Å². The van der Waals surface area contributed by atoms with Crippen molar-refractivity contribution in [2.45, 2.75) is 44.2 Å². The lowest BCUT2D eigenvalue weighted by Crippen LogP contribution is -2.36. The lowest BCUT2D eigenvalue weighted by Gasteiger charge is -2.34. The zero-order chi connectivity index (χ0) is 19.9. The Kier molecular flexibility index (Phi) is 4.38. The van der Waals surface area contributed by atoms with Gasteiger partial charge in [0.2, 0.25) is 0 Å². The number of hydrogen-bond donors (Lipinski definition) is 4. The SMILES string of the molecule is CC1(O)CCC(Nc2c(C(N)=O)cnn3cc(-c4cncnc4N)cc23)CC1. The lowest BCUT2D eigenvalue weighted by atomic mass is 9.83. The van der Waals surface area contributed by atoms with Crippen molar-refractivity contribution in [2.75, 3.05) is 11.1 Å². The minimum Gasteiger partial charge on any atom is -0.390 e. The molecule has 4 rings (SSSR count). The molecule has 0 saturated heterocycles. The van der Waals surface area contributed by atoms with E-state index in [0.717, 1.165) is 18.4 Å². The lowest BCUT2D eigenvalue weighted by molar-refractivity contribution is 0.0196. The third-order valence-electron chi connectivity index (χ3n) is 5.37. The summed E-state index contributed by atoms with van der Waals surface area (Å²) in [4.78, 5) is 20.1. The van der Waals surface area contributed by atoms with Gasteiger partial charge in [-0.25, -0.2) is 14.5 Å². The van der Waals surface area contributed by atoms with Crippen LogP contribution in [-0.4, -0.2) is 42.2 Å². The molecule has 9 nitrogen and oxygen atoms in total. The average Bonchev–Trinajstić information content (AvgIpc) is 3.08. The van der Waals surface area contributed by atoms with Crippen LogP contribution in [0.4, 0.5) is 11.5 Å². The minimum absolute atomic E-state index is 0.132. The maximum absolute atomic E-state index is 12.0. The van der Waals surface area contributed by atoms with Crippen LogP contribution in [0.1, 0.15) is 43.0 Å². The first-order valence-electron chi connectivity index (χ1n) is 9.20. The molecule has 0 atom stereocenters. The van der Waals surface area contributed by atoms with E-state index in [9.17, 15) is 9.90 Å². The molecule has 146 valence electrons. The van der Waals surface area contributed by atoms with Gasteiger partial charge in [0.05, 0.1) is 28.6 Å². The third-order valence-corrected chi connectivity index (χ3v) is 5.37. The normalized spacial score (nSPS) is 22.3. The number of carbonyl (C=O) groups excluding carboxylic acids is 1. The molecule has 1 amide bonds. The number of primary amides is 1. The molecule has 0 unspecified atom stereocenters. The second-order valence-electron chi connectivity index (χ2n) is 7.59. The number of anilines is 2. The molecule has 28 heavy (non-hydrogen) atoms. The number of hydrogen-bond acceptors (Lipinski definition) is 7. The van der Waals surface area contributed by atoms with Crippen molar-refractivity contribution in [1.82, 2.24) is 19.6 Å². The van der Waals surface area contributed by atoms with E-state index in [1.54, 1.807) is 10.7 Å². The summed E-state index contributed by atoms with van der Waals surface area (Å²) >= 11 is 0. The van der Waals surface area contributed by atoms with E-state index in [1.165, 1.54) is 12.5 Å². The summed E-state index contributed by atoms with van der Waals surface area (Å²) in [6.45, 7) is 1.86. The van der Waals surface area contributed by atoms with Crippen LogP contribution < -0.4 is 16.8 Å². The van der Waals surface area contributed by atoms with E-state index in [-0.39, 0.29) is 6.04 Å². The third kappa shape index (κ3) is 3.36. The summed E-state index contributed by atoms with van der Waals surface area (Å²) < 4.78 is 1.68. The molecule has 3 aromatic heterocycles. The molecule has 1 aliphatic rings. The molecule has 0 radical (unpaired) electrons. The van der Waals surface area contributed by atoms with Gasteiger partial charge in [-0.15, -0.1) is 0 Å². The summed E-state index contributed by atoms with van der Waals surface area (Å²) in [6.07, 6.45) is 9.30. The zero-order valence-corrected chi connectivity index (χ0v) is 15.6. The van der Waals surface area contributed by atoms with Crippen molar-refractivity contribution in [3.05, 3.63) is 36.5 Å². The average molecular weight is 381 g/mol. The Hall–Kier alpha value is -3.20. The van der Waals surface area contributed by atoms with Gasteiger partial charge in [0, 0.05) is 29.6 Å². The smallest absolute Gasteiger partial charge is 0.252 e. The van der Waals surface area contributed by atoms with Crippen LogP contribution in [0, 0.1) is 0 Å². The van der Waals surface area contributed by atoms with Gasteiger partial charge in [0.15, 0.2) is 0 Å². The van der Waals surface area contributed by atoms with Crippen molar-refractivity contribution < 1.29 is 9.90 Å². The molecule has 1 saturated carbocycles. The van der Waals surface area contributed by atoms with Crippen LogP contribution in [0.25, 0.3) is 16.6 Å². The van der Waals surface area contributed by atoms with E-state index in [4.69, 9.17) is 11.5 Å². The van der Waals surface area contributed by atoms with E-state index in [2.05, 4.69) is 20.4 Å². The quantitative estimate of drug-likeness (QED) is 0.537. The fraction of sp³-hybridized carbons (Fsp3) is 0.368. The fourth-order valence-electron chi connectivity index (χ4n) is 3.69. The van der Waals surface area contributed by atoms with Gasteiger partial charge >= 0.3 is 0 Å². The Balaban J connectivity index is 1.76. The van der Waals surface area contributed by atoms with Crippen molar-refractivity contribution in [3.63, 3.8) is 0 Å². The molecule has 9 heteroatoms. The van der Waals surface area contributed by atoms with Crippen molar-refractivity contribution >= 4 is 22.9 Å². The summed E-state index contributed by atoms with van der Waals surface area (Å²) in [5.74, 6) is -0.185. The number of nitrogens with one attached hydrogen (secondary N) is 1. The largest absolute Gasteiger partial charge is 0.390 e. The predicted molar refractivity (Wildman–Crippen MR) is 106 cm³/mol. The Morgan fingerprint density at radius 2 is 2.11 bits per heavy atom. The monoisotopic (exact) mass is 381 g/mol. The molecule has 0 aromatic carbocycles. The van der Waals surface area contributed by atoms with Crippen LogP contribution in [0.2, 0.25) is 0 Å². The van der Waals surface area contributed by atoms with E-state index >= 15 is 0 Å². The topological polar surface area (TPSA) is 144 Å². The standard InChI is InChI=1S/C19H23N7O2/c1-19(28)4-2-12(3-5-19)25-16-14(18(21)27)8-24-26-9-11(6-15(16)26)13-7-22-10-23-17(13)20/h6-10,12,25,28H,2-5H2,1H3,(H2,21,27)(H2,20,22,23). The number of aliphatic hydroxyl groups is 1. The number of rotatable bonds is 4. The molecular formula is C19H23N7O2. The van der Waals surface area contributed by atoms with Crippen LogP contribution in [-0.2, 0) is 0 Å². The molecule has 0 bridgehead atoms. The molecule has 1 fully saturated rings. The Labute approximate surface area is 161 Å². The second-order valence-corrected chi connectivity index (χ2v) is 7.59. The number of fused-ring (bicyclic) bond motifs is 1. The second kappa shape index (κ2) is 6.75. The molecule has 6 N–H and O–H groups in total. The van der Waals surface area contributed by atoms with E-state index in [0.29, 0.717) is 41.0 Å². The molecule has 0 aliphatic heterocycles. The molecule has 3 heterocycles. The number of aromatic nitrogens is 4. The first kappa shape index (κ1) is 18.2. The number of nitrogens with zero attached hydrogens (tertiary/aromatic N) is 4. The predicted octanol–water partition coefficient (Wildman–Crippen LogP) is 1.58. The molecule has 0 spiro atoms. The highest BCUT2D eigenvalue weighted by molar-refractivity contribution is 6.02. The highest BCUT2D eigenvalue weighted by Gasteiger charge is 2.29. The number of nitrogens with two attached hydrogens (primary N) is 2. The highest BCUT2D eigenvalue weighted by atomic mass is 16.3. The Morgan fingerprint density at radius 3 is 2.79 bits per heavy atom. The minimum atomic E-state index is -0.634. The van der Waals surface area contributed by atoms with Gasteiger partial charge in [0.25, 0.3) is 5.91 Å². The van der Waals surface area contributed by atoms with Gasteiger partial charge in [-0.2, -0.15) is 5.10 Å². The van der Waals surface area contributed by atoms with Crippen LogP contribution >= 0.6 is 0 Å².